The van der Waals surface area contributed by atoms with Gasteiger partial charge in [-0.15, -0.1) is 0 Å². The summed E-state index contributed by atoms with van der Waals surface area (Å²) in [6, 6.07) is 9.41. The molecule has 140 valence electrons. The van der Waals surface area contributed by atoms with Gasteiger partial charge in [0.15, 0.2) is 0 Å². The first-order valence-corrected chi connectivity index (χ1v) is 9.27. The number of hydrogen-bond donors (Lipinski definition) is 2. The van der Waals surface area contributed by atoms with E-state index in [2.05, 4.69) is 15.3 Å². The Bertz CT molecular complexity index is 866. The third-order valence-corrected chi connectivity index (χ3v) is 5.45. The maximum atomic E-state index is 13.0. The van der Waals surface area contributed by atoms with Crippen LogP contribution in [0.4, 0.5) is 5.95 Å². The average Bonchev–Trinajstić information content (AvgIpc) is 3.42. The van der Waals surface area contributed by atoms with E-state index in [1.54, 1.807) is 6.92 Å². The monoisotopic (exact) mass is 365 g/mol. The number of nitrogens with two attached hydrogens (primary N) is 1. The summed E-state index contributed by atoms with van der Waals surface area (Å²) < 4.78 is 0. The van der Waals surface area contributed by atoms with E-state index in [9.17, 15) is 9.59 Å². The van der Waals surface area contributed by atoms with Crippen molar-refractivity contribution in [1.29, 1.82) is 0 Å². The molecule has 1 aliphatic heterocycles. The lowest BCUT2D eigenvalue weighted by Crippen LogP contribution is -2.41. The minimum Gasteiger partial charge on any atom is -0.368 e. The van der Waals surface area contributed by atoms with Crippen molar-refractivity contribution in [3.05, 3.63) is 42.1 Å². The van der Waals surface area contributed by atoms with Crippen LogP contribution in [0.3, 0.4) is 0 Å². The van der Waals surface area contributed by atoms with Gasteiger partial charge in [0, 0.05) is 37.7 Å². The van der Waals surface area contributed by atoms with Crippen molar-refractivity contribution in [1.82, 2.24) is 20.2 Å². The highest BCUT2D eigenvalue weighted by Gasteiger charge is 2.44. The van der Waals surface area contributed by atoms with Crippen LogP contribution in [-0.2, 0) is 4.79 Å². The van der Waals surface area contributed by atoms with Gasteiger partial charge in [0.2, 0.25) is 11.9 Å². The molecule has 2 amide bonds. The largest absolute Gasteiger partial charge is 0.368 e. The van der Waals surface area contributed by atoms with E-state index < -0.39 is 0 Å². The molecular formula is C20H23N5O2. The quantitative estimate of drug-likeness (QED) is 0.859. The van der Waals surface area contributed by atoms with Crippen LogP contribution in [-0.4, -0.2) is 45.8 Å². The number of nitrogens with one attached hydrogen (secondary N) is 1. The zero-order chi connectivity index (χ0) is 19.0. The number of carbonyl (C=O) groups excluding carboxylic acids is 2. The number of likely N-dealkylation sites (tertiary alicyclic amines) is 1. The van der Waals surface area contributed by atoms with Gasteiger partial charge >= 0.3 is 0 Å². The molecule has 7 heteroatoms. The number of nitrogens with zero attached hydrogens (tertiary/aromatic N) is 3. The fourth-order valence-corrected chi connectivity index (χ4v) is 3.86. The molecule has 4 rings (SSSR count). The van der Waals surface area contributed by atoms with Crippen LogP contribution < -0.4 is 11.1 Å². The highest BCUT2D eigenvalue weighted by atomic mass is 16.2. The highest BCUT2D eigenvalue weighted by Crippen LogP contribution is 2.41. The first-order chi connectivity index (χ1) is 13.0. The van der Waals surface area contributed by atoms with Gasteiger partial charge in [-0.1, -0.05) is 30.3 Å². The fourth-order valence-electron chi connectivity index (χ4n) is 3.86. The third-order valence-electron chi connectivity index (χ3n) is 5.45. The number of benzene rings is 1. The summed E-state index contributed by atoms with van der Waals surface area (Å²) in [5.74, 6) is 0.863. The molecule has 2 aliphatic rings. The summed E-state index contributed by atoms with van der Waals surface area (Å²) in [6.45, 7) is 2.85. The van der Waals surface area contributed by atoms with E-state index in [1.165, 1.54) is 19.0 Å². The number of amides is 2. The molecule has 2 fully saturated rings. The molecule has 2 heterocycles. The van der Waals surface area contributed by atoms with E-state index >= 15 is 0 Å². The molecule has 1 aromatic carbocycles. The van der Waals surface area contributed by atoms with Gasteiger partial charge in [-0.05, 0) is 18.8 Å². The van der Waals surface area contributed by atoms with Gasteiger partial charge < -0.3 is 16.0 Å². The maximum absolute atomic E-state index is 13.0. The number of carbonyl (C=O) groups is 2. The van der Waals surface area contributed by atoms with Gasteiger partial charge in [0.25, 0.3) is 5.91 Å². The Balaban J connectivity index is 1.59. The summed E-state index contributed by atoms with van der Waals surface area (Å²) >= 11 is 0. The van der Waals surface area contributed by atoms with E-state index in [1.807, 2.05) is 35.2 Å². The molecule has 1 saturated carbocycles. The van der Waals surface area contributed by atoms with Gasteiger partial charge in [-0.25, -0.2) is 9.97 Å². The van der Waals surface area contributed by atoms with Gasteiger partial charge in [-0.2, -0.15) is 0 Å². The summed E-state index contributed by atoms with van der Waals surface area (Å²) in [5, 5.41) is 3.13. The summed E-state index contributed by atoms with van der Waals surface area (Å²) in [7, 11) is 0. The van der Waals surface area contributed by atoms with Crippen molar-refractivity contribution in [3.8, 4) is 11.3 Å². The number of nitrogen functional groups attached to an aromatic ring is 1. The van der Waals surface area contributed by atoms with E-state index in [4.69, 9.17) is 5.73 Å². The molecule has 3 N–H and O–H groups in total. The van der Waals surface area contributed by atoms with Gasteiger partial charge in [0.05, 0.1) is 17.3 Å². The lowest BCUT2D eigenvalue weighted by molar-refractivity contribution is -0.128. The van der Waals surface area contributed by atoms with Crippen LogP contribution in [0.5, 0.6) is 0 Å². The van der Waals surface area contributed by atoms with Crippen molar-refractivity contribution in [2.45, 2.75) is 25.8 Å². The number of aromatic nitrogens is 2. The molecule has 0 spiro atoms. The lowest BCUT2D eigenvalue weighted by Gasteiger charge is -2.20. The highest BCUT2D eigenvalue weighted by molar-refractivity contribution is 6.00. The van der Waals surface area contributed by atoms with Crippen molar-refractivity contribution in [2.24, 2.45) is 11.8 Å². The second-order valence-corrected chi connectivity index (χ2v) is 7.36. The zero-order valence-electron chi connectivity index (χ0n) is 15.3. The van der Waals surface area contributed by atoms with E-state index in [0.717, 1.165) is 5.56 Å². The Morgan fingerprint density at radius 2 is 1.93 bits per heavy atom. The molecule has 0 unspecified atom stereocenters. The maximum Gasteiger partial charge on any atom is 0.255 e. The first kappa shape index (κ1) is 17.5. The van der Waals surface area contributed by atoms with Crippen molar-refractivity contribution >= 4 is 17.8 Å². The molecule has 2 aromatic rings. The van der Waals surface area contributed by atoms with E-state index in [0.29, 0.717) is 36.2 Å². The Labute approximate surface area is 158 Å². The predicted octanol–water partition coefficient (Wildman–Crippen LogP) is 1.71. The van der Waals surface area contributed by atoms with Crippen LogP contribution in [0.15, 0.2) is 36.5 Å². The normalized spacial score (nSPS) is 21.9. The topological polar surface area (TPSA) is 101 Å². The average molecular weight is 365 g/mol. The van der Waals surface area contributed by atoms with Crippen LogP contribution in [0, 0.1) is 11.8 Å². The van der Waals surface area contributed by atoms with Crippen LogP contribution in [0.2, 0.25) is 0 Å². The summed E-state index contributed by atoms with van der Waals surface area (Å²) in [5.41, 5.74) is 7.48. The van der Waals surface area contributed by atoms with Crippen LogP contribution >= 0.6 is 0 Å². The van der Waals surface area contributed by atoms with Crippen molar-refractivity contribution in [3.63, 3.8) is 0 Å². The smallest absolute Gasteiger partial charge is 0.255 e. The van der Waals surface area contributed by atoms with Crippen LogP contribution in [0.1, 0.15) is 30.1 Å². The molecule has 27 heavy (non-hydrogen) atoms. The molecule has 0 radical (unpaired) electrons. The Morgan fingerprint density at radius 1 is 1.19 bits per heavy atom. The van der Waals surface area contributed by atoms with Crippen molar-refractivity contribution < 1.29 is 9.59 Å². The number of anilines is 1. The Morgan fingerprint density at radius 3 is 2.59 bits per heavy atom. The minimum absolute atomic E-state index is 0.0462. The van der Waals surface area contributed by atoms with Crippen LogP contribution in [0.25, 0.3) is 11.3 Å². The number of hydrogen-bond acceptors (Lipinski definition) is 5. The second kappa shape index (κ2) is 6.98. The number of rotatable bonds is 4. The lowest BCUT2D eigenvalue weighted by atomic mass is 9.97. The molecule has 2 atom stereocenters. The third kappa shape index (κ3) is 3.63. The Kier molecular flexibility index (Phi) is 4.51. The molecular weight excluding hydrogens is 342 g/mol. The zero-order valence-corrected chi connectivity index (χ0v) is 15.3. The fraction of sp³-hybridized carbons (Fsp3) is 0.400. The van der Waals surface area contributed by atoms with Gasteiger partial charge in [-0.3, -0.25) is 9.59 Å². The molecule has 7 nitrogen and oxygen atoms in total. The second-order valence-electron chi connectivity index (χ2n) is 7.36. The molecule has 1 saturated heterocycles. The molecule has 0 bridgehead atoms. The molecule has 1 aromatic heterocycles. The first-order valence-electron chi connectivity index (χ1n) is 9.27. The standard InChI is InChI=1S/C20H23N5O2/c1-12(26)25-10-16(13-7-8-13)17(11-25)23-19(27)15-9-22-20(21)24-18(15)14-5-3-2-4-6-14/h2-6,9,13,16-17H,7-8,10-11H2,1H3,(H,23,27)(H2,21,22,24)/t16-,17+/m0/s1. The van der Waals surface area contributed by atoms with Gasteiger partial charge in [0.1, 0.15) is 0 Å². The Hall–Kier alpha value is -2.96. The minimum atomic E-state index is -0.227. The SMILES string of the molecule is CC(=O)N1C[C@@H](NC(=O)c2cnc(N)nc2-c2ccccc2)[C@H](C2CC2)C1. The van der Waals surface area contributed by atoms with Crippen molar-refractivity contribution in [2.75, 3.05) is 18.8 Å². The predicted molar refractivity (Wildman–Crippen MR) is 102 cm³/mol. The van der Waals surface area contributed by atoms with E-state index in [-0.39, 0.29) is 23.8 Å². The molecule has 1 aliphatic carbocycles. The summed E-state index contributed by atoms with van der Waals surface area (Å²) in [6.07, 6.45) is 3.82. The summed E-state index contributed by atoms with van der Waals surface area (Å²) in [4.78, 5) is 35.0.